The molecule has 1 aromatic heterocycles. The fourth-order valence-electron chi connectivity index (χ4n) is 3.57. The summed E-state index contributed by atoms with van der Waals surface area (Å²) in [5.74, 6) is -0.350. The van der Waals surface area contributed by atoms with Crippen molar-refractivity contribution in [3.05, 3.63) is 75.5 Å². The third-order valence-corrected chi connectivity index (χ3v) is 5.34. The summed E-state index contributed by atoms with van der Waals surface area (Å²) in [5, 5.41) is 7.93. The molecule has 10 heteroatoms. The SMILES string of the molecule is [N-]=[N+]=NCc1cc(N2CCN(C(=O)Nc3ccc(F)cc3)CC2)c2ccc(Cl)cc2n1. The molecule has 0 saturated carbocycles. The van der Waals surface area contributed by atoms with Gasteiger partial charge in [0.1, 0.15) is 5.82 Å². The Morgan fingerprint density at radius 2 is 1.90 bits per heavy atom. The molecule has 2 heterocycles. The Balaban J connectivity index is 1.50. The van der Waals surface area contributed by atoms with Crippen molar-refractivity contribution in [1.29, 1.82) is 0 Å². The molecule has 3 aromatic rings. The van der Waals surface area contributed by atoms with Crippen LogP contribution in [0, 0.1) is 5.82 Å². The number of azide groups is 1. The van der Waals surface area contributed by atoms with Crippen molar-refractivity contribution < 1.29 is 9.18 Å². The van der Waals surface area contributed by atoms with E-state index in [0.29, 0.717) is 42.6 Å². The van der Waals surface area contributed by atoms with Crippen molar-refractivity contribution in [3.63, 3.8) is 0 Å². The van der Waals surface area contributed by atoms with Crippen LogP contribution >= 0.6 is 11.6 Å². The standard InChI is InChI=1S/C21H19ClFN7O/c22-14-1-6-18-19(11-14)26-17(13-25-28-24)12-20(18)29-7-9-30(10-8-29)21(31)27-16-4-2-15(23)3-5-16/h1-6,11-12H,7-10,13H2,(H,27,31). The Morgan fingerprint density at radius 1 is 1.16 bits per heavy atom. The summed E-state index contributed by atoms with van der Waals surface area (Å²) in [5.41, 5.74) is 11.5. The molecule has 31 heavy (non-hydrogen) atoms. The minimum atomic E-state index is -0.350. The van der Waals surface area contributed by atoms with Gasteiger partial charge in [0.25, 0.3) is 0 Å². The van der Waals surface area contributed by atoms with Gasteiger partial charge in [0.2, 0.25) is 0 Å². The van der Waals surface area contributed by atoms with Crippen molar-refractivity contribution in [2.45, 2.75) is 6.54 Å². The van der Waals surface area contributed by atoms with Gasteiger partial charge >= 0.3 is 6.03 Å². The zero-order chi connectivity index (χ0) is 21.8. The fraction of sp³-hybridized carbons (Fsp3) is 0.238. The summed E-state index contributed by atoms with van der Waals surface area (Å²) in [7, 11) is 0. The van der Waals surface area contributed by atoms with E-state index in [0.717, 1.165) is 16.6 Å². The van der Waals surface area contributed by atoms with E-state index in [1.165, 1.54) is 24.3 Å². The number of rotatable bonds is 4. The molecule has 1 aliphatic rings. The molecule has 4 rings (SSSR count). The number of hydrogen-bond acceptors (Lipinski definition) is 4. The highest BCUT2D eigenvalue weighted by atomic mass is 35.5. The lowest BCUT2D eigenvalue weighted by Crippen LogP contribution is -2.50. The molecular weight excluding hydrogens is 421 g/mol. The number of benzene rings is 2. The number of carbonyl (C=O) groups excluding carboxylic acids is 1. The first-order valence-corrected chi connectivity index (χ1v) is 10.1. The lowest BCUT2D eigenvalue weighted by Gasteiger charge is -2.36. The Hall–Kier alpha value is -3.55. The van der Waals surface area contributed by atoms with E-state index >= 15 is 0 Å². The van der Waals surface area contributed by atoms with Gasteiger partial charge in [-0.1, -0.05) is 16.7 Å². The summed E-state index contributed by atoms with van der Waals surface area (Å²) in [4.78, 5) is 23.8. The highest BCUT2D eigenvalue weighted by molar-refractivity contribution is 6.31. The van der Waals surface area contributed by atoms with Crippen LogP contribution in [-0.4, -0.2) is 42.1 Å². The highest BCUT2D eigenvalue weighted by Gasteiger charge is 2.23. The number of anilines is 2. The van der Waals surface area contributed by atoms with E-state index in [-0.39, 0.29) is 18.4 Å². The first kappa shape index (κ1) is 20.7. The second kappa shape index (κ2) is 9.07. The van der Waals surface area contributed by atoms with Crippen molar-refractivity contribution in [1.82, 2.24) is 9.88 Å². The van der Waals surface area contributed by atoms with E-state index in [9.17, 15) is 9.18 Å². The van der Waals surface area contributed by atoms with Gasteiger partial charge in [-0.25, -0.2) is 9.18 Å². The fourth-order valence-corrected chi connectivity index (χ4v) is 3.74. The molecular formula is C21H19ClFN7O. The van der Waals surface area contributed by atoms with E-state index in [1.807, 2.05) is 18.2 Å². The van der Waals surface area contributed by atoms with Crippen LogP contribution in [0.5, 0.6) is 0 Å². The number of fused-ring (bicyclic) bond motifs is 1. The van der Waals surface area contributed by atoms with Crippen LogP contribution in [0.2, 0.25) is 5.02 Å². The second-order valence-electron chi connectivity index (χ2n) is 7.09. The molecule has 2 amide bonds. The number of nitrogens with zero attached hydrogens (tertiary/aromatic N) is 6. The lowest BCUT2D eigenvalue weighted by atomic mass is 10.1. The maximum Gasteiger partial charge on any atom is 0.321 e. The number of piperazine rings is 1. The Morgan fingerprint density at radius 3 is 2.61 bits per heavy atom. The summed E-state index contributed by atoms with van der Waals surface area (Å²) in [6.45, 7) is 2.44. The summed E-state index contributed by atoms with van der Waals surface area (Å²) in [6.07, 6.45) is 0. The Kier molecular flexibility index (Phi) is 6.06. The smallest absolute Gasteiger partial charge is 0.321 e. The predicted molar refractivity (Wildman–Crippen MR) is 119 cm³/mol. The van der Waals surface area contributed by atoms with Crippen molar-refractivity contribution in [2.75, 3.05) is 36.4 Å². The number of urea groups is 1. The molecule has 1 fully saturated rings. The quantitative estimate of drug-likeness (QED) is 0.344. The summed E-state index contributed by atoms with van der Waals surface area (Å²) < 4.78 is 13.0. The van der Waals surface area contributed by atoms with Crippen LogP contribution in [0.3, 0.4) is 0 Å². The minimum absolute atomic E-state index is 0.145. The molecule has 0 bridgehead atoms. The van der Waals surface area contributed by atoms with Gasteiger partial charge in [-0.2, -0.15) is 0 Å². The number of nitrogens with one attached hydrogen (secondary N) is 1. The molecule has 0 aliphatic carbocycles. The number of hydrogen-bond donors (Lipinski definition) is 1. The third kappa shape index (κ3) is 4.79. The highest BCUT2D eigenvalue weighted by Crippen LogP contribution is 2.30. The molecule has 0 radical (unpaired) electrons. The van der Waals surface area contributed by atoms with Crippen LogP contribution in [0.1, 0.15) is 5.69 Å². The Bertz CT molecular complexity index is 1160. The zero-order valence-corrected chi connectivity index (χ0v) is 17.3. The molecule has 8 nitrogen and oxygen atoms in total. The average molecular weight is 440 g/mol. The largest absolute Gasteiger partial charge is 0.367 e. The van der Waals surface area contributed by atoms with Gasteiger partial charge in [0, 0.05) is 58.6 Å². The minimum Gasteiger partial charge on any atom is -0.367 e. The van der Waals surface area contributed by atoms with Gasteiger partial charge in [-0.15, -0.1) is 0 Å². The molecule has 0 spiro atoms. The second-order valence-corrected chi connectivity index (χ2v) is 7.53. The van der Waals surface area contributed by atoms with Gasteiger partial charge in [0.15, 0.2) is 0 Å². The van der Waals surface area contributed by atoms with Gasteiger partial charge in [-0.05, 0) is 54.1 Å². The van der Waals surface area contributed by atoms with E-state index in [1.54, 1.807) is 11.0 Å². The van der Waals surface area contributed by atoms with Gasteiger partial charge < -0.3 is 15.1 Å². The topological polar surface area (TPSA) is 97.2 Å². The number of aromatic nitrogens is 1. The first-order chi connectivity index (χ1) is 15.0. The van der Waals surface area contributed by atoms with Crippen LogP contribution in [0.25, 0.3) is 21.3 Å². The Labute approximate surface area is 182 Å². The number of amides is 2. The van der Waals surface area contributed by atoms with Crippen LogP contribution in [0.15, 0.2) is 53.6 Å². The molecule has 0 atom stereocenters. The van der Waals surface area contributed by atoms with Crippen LogP contribution in [0.4, 0.5) is 20.6 Å². The van der Waals surface area contributed by atoms with Crippen molar-refractivity contribution in [2.24, 2.45) is 5.11 Å². The van der Waals surface area contributed by atoms with Gasteiger partial charge in [-0.3, -0.25) is 4.98 Å². The molecule has 1 aliphatic heterocycles. The molecule has 1 saturated heterocycles. The van der Waals surface area contributed by atoms with Crippen LogP contribution < -0.4 is 10.2 Å². The van der Waals surface area contributed by atoms with E-state index < -0.39 is 0 Å². The lowest BCUT2D eigenvalue weighted by molar-refractivity contribution is 0.208. The average Bonchev–Trinajstić information content (AvgIpc) is 2.78. The van der Waals surface area contributed by atoms with E-state index in [4.69, 9.17) is 17.1 Å². The molecule has 2 aromatic carbocycles. The van der Waals surface area contributed by atoms with Crippen LogP contribution in [-0.2, 0) is 6.54 Å². The van der Waals surface area contributed by atoms with Gasteiger partial charge in [0.05, 0.1) is 12.1 Å². The molecule has 1 N–H and O–H groups in total. The summed E-state index contributed by atoms with van der Waals surface area (Å²) >= 11 is 6.14. The number of carbonyl (C=O) groups is 1. The third-order valence-electron chi connectivity index (χ3n) is 5.10. The van der Waals surface area contributed by atoms with E-state index in [2.05, 4.69) is 25.2 Å². The first-order valence-electron chi connectivity index (χ1n) is 9.70. The summed E-state index contributed by atoms with van der Waals surface area (Å²) in [6, 6.07) is 12.9. The number of pyridine rings is 1. The monoisotopic (exact) mass is 439 g/mol. The molecule has 0 unspecified atom stereocenters. The zero-order valence-electron chi connectivity index (χ0n) is 16.5. The predicted octanol–water partition coefficient (Wildman–Crippen LogP) is 5.19. The maximum atomic E-state index is 13.0. The van der Waals surface area contributed by atoms with Crippen molar-refractivity contribution >= 4 is 39.9 Å². The molecule has 158 valence electrons. The normalized spacial score (nSPS) is 13.7. The van der Waals surface area contributed by atoms with Crippen molar-refractivity contribution in [3.8, 4) is 0 Å². The maximum absolute atomic E-state index is 13.0. The number of halogens is 2.